The predicted octanol–water partition coefficient (Wildman–Crippen LogP) is 2.56. The molecule has 0 heterocycles. The van der Waals surface area contributed by atoms with Crippen LogP contribution in [0.1, 0.15) is 30.6 Å². The van der Waals surface area contributed by atoms with Crippen LogP contribution < -0.4 is 0 Å². The Morgan fingerprint density at radius 2 is 1.94 bits per heavy atom. The Labute approximate surface area is 102 Å². The van der Waals surface area contributed by atoms with Crippen LogP contribution >= 0.6 is 0 Å². The van der Waals surface area contributed by atoms with E-state index in [4.69, 9.17) is 0 Å². The summed E-state index contributed by atoms with van der Waals surface area (Å²) in [5.41, 5.74) is -0.434. The number of benzene rings is 1. The zero-order valence-corrected chi connectivity index (χ0v) is 9.65. The smallest absolute Gasteiger partial charge is 0.343 e. The van der Waals surface area contributed by atoms with Crippen LogP contribution in [0, 0.1) is 0 Å². The topological polar surface area (TPSA) is 46.5 Å². The Morgan fingerprint density at radius 3 is 2.50 bits per heavy atom. The highest BCUT2D eigenvalue weighted by Crippen LogP contribution is 2.25. The van der Waals surface area contributed by atoms with Crippen molar-refractivity contribution in [2.75, 3.05) is 6.61 Å². The van der Waals surface area contributed by atoms with E-state index in [1.165, 1.54) is 19.1 Å². The van der Waals surface area contributed by atoms with Crippen molar-refractivity contribution in [2.24, 2.45) is 0 Å². The Hall–Kier alpha value is -1.56. The van der Waals surface area contributed by atoms with Gasteiger partial charge < -0.3 is 9.84 Å². The Balaban J connectivity index is 2.86. The number of aliphatic hydroxyl groups is 1. The molecule has 2 unspecified atom stereocenters. The van der Waals surface area contributed by atoms with E-state index in [1.807, 2.05) is 0 Å². The first kappa shape index (κ1) is 14.5. The summed E-state index contributed by atoms with van der Waals surface area (Å²) in [7, 11) is 0. The molecule has 0 bridgehead atoms. The lowest BCUT2D eigenvalue weighted by Crippen LogP contribution is -2.26. The van der Waals surface area contributed by atoms with Crippen LogP contribution in [0.25, 0.3) is 0 Å². The number of rotatable bonds is 5. The van der Waals surface area contributed by atoms with Crippen molar-refractivity contribution in [1.82, 2.24) is 0 Å². The number of carbonyl (C=O) groups excluding carboxylic acids is 1. The predicted molar refractivity (Wildman–Crippen MR) is 57.9 cm³/mol. The van der Waals surface area contributed by atoms with Crippen LogP contribution in [-0.2, 0) is 9.53 Å². The fourth-order valence-electron chi connectivity index (χ4n) is 1.40. The summed E-state index contributed by atoms with van der Waals surface area (Å²) in [5.74, 6) is -1.22. The Morgan fingerprint density at radius 1 is 1.33 bits per heavy atom. The lowest BCUT2D eigenvalue weighted by molar-refractivity contribution is -0.153. The zero-order chi connectivity index (χ0) is 13.7. The van der Waals surface area contributed by atoms with Gasteiger partial charge in [-0.1, -0.05) is 18.2 Å². The number of hydrogen-bond donors (Lipinski definition) is 1. The van der Waals surface area contributed by atoms with Crippen molar-refractivity contribution in [3.05, 3.63) is 35.4 Å². The van der Waals surface area contributed by atoms with Gasteiger partial charge in [0.15, 0.2) is 0 Å². The van der Waals surface area contributed by atoms with E-state index >= 15 is 0 Å². The Bertz CT molecular complexity index is 409. The molecule has 0 saturated heterocycles. The molecule has 0 aliphatic carbocycles. The molecule has 1 N–H and O–H groups in total. The van der Waals surface area contributed by atoms with Crippen molar-refractivity contribution < 1.29 is 27.8 Å². The highest BCUT2D eigenvalue weighted by Gasteiger charge is 2.29. The number of ether oxygens (including phenoxy) is 1. The summed E-state index contributed by atoms with van der Waals surface area (Å²) < 4.78 is 42.7. The van der Waals surface area contributed by atoms with E-state index in [0.717, 1.165) is 12.1 Å². The number of alkyl halides is 3. The second-order valence-corrected chi connectivity index (χ2v) is 3.57. The summed E-state index contributed by atoms with van der Waals surface area (Å²) in [5, 5.41) is 9.57. The van der Waals surface area contributed by atoms with E-state index in [1.54, 1.807) is 0 Å². The van der Waals surface area contributed by atoms with E-state index in [2.05, 4.69) is 4.74 Å². The molecule has 0 amide bonds. The van der Waals surface area contributed by atoms with E-state index in [9.17, 15) is 23.1 Å². The molecule has 0 aliphatic rings. The third kappa shape index (κ3) is 3.46. The maximum Gasteiger partial charge on any atom is 0.343 e. The van der Waals surface area contributed by atoms with Crippen molar-refractivity contribution in [2.45, 2.75) is 25.6 Å². The van der Waals surface area contributed by atoms with Gasteiger partial charge in [-0.2, -0.15) is 0 Å². The molecule has 0 fully saturated rings. The standard InChI is InChI=1S/C12H13F3O3/c1-2-18-12(17)9(13)10(16)7-4-3-5-8(6-7)11(14)15/h3-6,9-11,16H,2H2,1H3. The third-order valence-corrected chi connectivity index (χ3v) is 2.29. The molecule has 1 rings (SSSR count). The summed E-state index contributed by atoms with van der Waals surface area (Å²) >= 11 is 0. The molecule has 1 aromatic rings. The van der Waals surface area contributed by atoms with Crippen molar-refractivity contribution >= 4 is 5.97 Å². The normalized spacial score (nSPS) is 14.3. The number of hydrogen-bond acceptors (Lipinski definition) is 3. The minimum atomic E-state index is -2.72. The second-order valence-electron chi connectivity index (χ2n) is 3.57. The van der Waals surface area contributed by atoms with Gasteiger partial charge in [-0.25, -0.2) is 18.0 Å². The first-order valence-electron chi connectivity index (χ1n) is 5.34. The molecule has 0 saturated carbocycles. The van der Waals surface area contributed by atoms with Gasteiger partial charge in [-0.3, -0.25) is 0 Å². The summed E-state index contributed by atoms with van der Waals surface area (Å²) in [6, 6.07) is 4.64. The highest BCUT2D eigenvalue weighted by atomic mass is 19.3. The van der Waals surface area contributed by atoms with Crippen LogP contribution in [0.5, 0.6) is 0 Å². The van der Waals surface area contributed by atoms with E-state index < -0.39 is 24.7 Å². The molecule has 1 aromatic carbocycles. The van der Waals surface area contributed by atoms with Crippen LogP contribution in [-0.4, -0.2) is 23.9 Å². The molecule has 0 spiro atoms. The van der Waals surface area contributed by atoms with Gasteiger partial charge >= 0.3 is 5.97 Å². The quantitative estimate of drug-likeness (QED) is 0.829. The second kappa shape index (κ2) is 6.39. The number of halogens is 3. The van der Waals surface area contributed by atoms with Gasteiger partial charge in [-0.15, -0.1) is 0 Å². The number of carbonyl (C=O) groups is 1. The molecule has 0 aliphatic heterocycles. The number of esters is 1. The average molecular weight is 262 g/mol. The van der Waals surface area contributed by atoms with Crippen molar-refractivity contribution in [3.63, 3.8) is 0 Å². The highest BCUT2D eigenvalue weighted by molar-refractivity contribution is 5.75. The monoisotopic (exact) mass is 262 g/mol. The first-order valence-corrected chi connectivity index (χ1v) is 5.34. The molecule has 6 heteroatoms. The molecule has 0 aromatic heterocycles. The molecule has 0 radical (unpaired) electrons. The maximum atomic E-state index is 13.5. The Kier molecular flexibility index (Phi) is 5.15. The van der Waals surface area contributed by atoms with Gasteiger partial charge in [0, 0.05) is 5.56 Å². The average Bonchev–Trinajstić information content (AvgIpc) is 2.37. The molecule has 3 nitrogen and oxygen atoms in total. The van der Waals surface area contributed by atoms with Gasteiger partial charge in [0.1, 0.15) is 6.10 Å². The number of aliphatic hydroxyl groups excluding tert-OH is 1. The van der Waals surface area contributed by atoms with Crippen molar-refractivity contribution in [1.29, 1.82) is 0 Å². The lowest BCUT2D eigenvalue weighted by Gasteiger charge is -2.15. The fourth-order valence-corrected chi connectivity index (χ4v) is 1.40. The molecular weight excluding hydrogens is 249 g/mol. The SMILES string of the molecule is CCOC(=O)C(F)C(O)c1cccc(C(F)F)c1. The van der Waals surface area contributed by atoms with Gasteiger partial charge in [0.05, 0.1) is 6.61 Å². The van der Waals surface area contributed by atoms with Gasteiger partial charge in [0.25, 0.3) is 6.43 Å². The van der Waals surface area contributed by atoms with Crippen LogP contribution in [0.4, 0.5) is 13.2 Å². The molecule has 2 atom stereocenters. The molecule has 18 heavy (non-hydrogen) atoms. The largest absolute Gasteiger partial charge is 0.464 e. The van der Waals surface area contributed by atoms with Crippen LogP contribution in [0.3, 0.4) is 0 Å². The molecular formula is C12H13F3O3. The minimum absolute atomic E-state index is 0.0248. The first-order chi connectivity index (χ1) is 8.47. The molecule has 100 valence electrons. The minimum Gasteiger partial charge on any atom is -0.464 e. The van der Waals surface area contributed by atoms with E-state index in [0.29, 0.717) is 0 Å². The summed E-state index contributed by atoms with van der Waals surface area (Å²) in [4.78, 5) is 11.1. The van der Waals surface area contributed by atoms with Gasteiger partial charge in [0.2, 0.25) is 6.17 Å². The van der Waals surface area contributed by atoms with E-state index in [-0.39, 0.29) is 17.7 Å². The lowest BCUT2D eigenvalue weighted by atomic mass is 10.0. The van der Waals surface area contributed by atoms with Crippen LogP contribution in [0.15, 0.2) is 24.3 Å². The van der Waals surface area contributed by atoms with Crippen molar-refractivity contribution in [3.8, 4) is 0 Å². The fraction of sp³-hybridized carbons (Fsp3) is 0.417. The van der Waals surface area contributed by atoms with Crippen LogP contribution in [0.2, 0.25) is 0 Å². The third-order valence-electron chi connectivity index (χ3n) is 2.29. The maximum absolute atomic E-state index is 13.5. The summed E-state index contributed by atoms with van der Waals surface area (Å²) in [6.45, 7) is 1.47. The summed E-state index contributed by atoms with van der Waals surface area (Å²) in [6.07, 6.45) is -6.83. The van der Waals surface area contributed by atoms with Gasteiger partial charge in [-0.05, 0) is 18.6 Å². The zero-order valence-electron chi connectivity index (χ0n) is 9.65.